The Hall–Kier alpha value is -3.56. The molecular formula is C29H31N3O5S. The Kier molecular flexibility index (Phi) is 7.07. The van der Waals surface area contributed by atoms with E-state index in [2.05, 4.69) is 13.8 Å². The summed E-state index contributed by atoms with van der Waals surface area (Å²) in [5.74, 6) is -0.722. The number of amides is 1. The zero-order chi connectivity index (χ0) is 27.0. The topological polar surface area (TPSA) is 102 Å². The molecule has 2 aromatic carbocycles. The Morgan fingerprint density at radius 3 is 2.45 bits per heavy atom. The van der Waals surface area contributed by atoms with Crippen LogP contribution in [0.1, 0.15) is 38.2 Å². The van der Waals surface area contributed by atoms with Crippen LogP contribution in [0.5, 0.6) is 0 Å². The van der Waals surface area contributed by atoms with Crippen LogP contribution in [0.4, 0.5) is 0 Å². The van der Waals surface area contributed by atoms with Crippen LogP contribution in [0, 0.1) is 11.1 Å². The van der Waals surface area contributed by atoms with Crippen LogP contribution in [0.25, 0.3) is 11.1 Å². The minimum atomic E-state index is -4.21. The molecule has 3 aromatic rings. The van der Waals surface area contributed by atoms with Crippen molar-refractivity contribution in [2.45, 2.75) is 49.7 Å². The van der Waals surface area contributed by atoms with Gasteiger partial charge in [0.1, 0.15) is 6.04 Å². The predicted octanol–water partition coefficient (Wildman–Crippen LogP) is 3.36. The van der Waals surface area contributed by atoms with E-state index >= 15 is 0 Å². The summed E-state index contributed by atoms with van der Waals surface area (Å²) >= 11 is 0. The lowest BCUT2D eigenvalue weighted by Gasteiger charge is -2.29. The predicted molar refractivity (Wildman–Crippen MR) is 142 cm³/mol. The fourth-order valence-corrected chi connectivity index (χ4v) is 7.34. The second kappa shape index (κ2) is 10.3. The number of aromatic nitrogens is 1. The number of Topliss-reactive ketones (excluding diaryl/α,β-unsaturated/α-hetero) is 1. The lowest BCUT2D eigenvalue weighted by atomic mass is 9.87. The third-order valence-electron chi connectivity index (χ3n) is 7.42. The molecule has 2 aliphatic heterocycles. The quantitative estimate of drug-likeness (QED) is 0.342. The van der Waals surface area contributed by atoms with Crippen molar-refractivity contribution in [3.63, 3.8) is 0 Å². The van der Waals surface area contributed by atoms with Crippen molar-refractivity contribution in [1.29, 1.82) is 0 Å². The number of pyridine rings is 1. The molecule has 1 aromatic heterocycles. The molecule has 9 heteroatoms. The van der Waals surface area contributed by atoms with Gasteiger partial charge in [-0.05, 0) is 41.5 Å². The highest BCUT2D eigenvalue weighted by Crippen LogP contribution is 2.37. The number of hydrogen-bond acceptors (Lipinski definition) is 5. The summed E-state index contributed by atoms with van der Waals surface area (Å²) in [5, 5.41) is 11.8. The third kappa shape index (κ3) is 4.72. The first-order valence-electron chi connectivity index (χ1n) is 12.9. The van der Waals surface area contributed by atoms with Gasteiger partial charge in [0.2, 0.25) is 5.91 Å². The summed E-state index contributed by atoms with van der Waals surface area (Å²) in [4.78, 5) is 28.8. The number of nitrogens with zero attached hydrogens (tertiary/aromatic N) is 3. The average Bonchev–Trinajstić information content (AvgIpc) is 3.49. The van der Waals surface area contributed by atoms with Crippen LogP contribution in [0.3, 0.4) is 0 Å². The van der Waals surface area contributed by atoms with E-state index in [1.807, 2.05) is 54.6 Å². The van der Waals surface area contributed by atoms with Crippen molar-refractivity contribution in [3.05, 3.63) is 89.8 Å². The van der Waals surface area contributed by atoms with E-state index in [1.165, 1.54) is 18.2 Å². The fourth-order valence-electron chi connectivity index (χ4n) is 5.69. The molecule has 3 heterocycles. The van der Waals surface area contributed by atoms with Gasteiger partial charge in [-0.15, -0.1) is 0 Å². The molecule has 5 rings (SSSR count). The maximum atomic E-state index is 14.0. The number of fused-ring (bicyclic) bond motifs is 1. The highest BCUT2D eigenvalue weighted by molar-refractivity contribution is 7.89. The first-order valence-corrected chi connectivity index (χ1v) is 14.3. The Balaban J connectivity index is 1.44. The zero-order valence-electron chi connectivity index (χ0n) is 21.4. The van der Waals surface area contributed by atoms with Gasteiger partial charge in [-0.2, -0.15) is 9.04 Å². The Morgan fingerprint density at radius 1 is 1.03 bits per heavy atom. The standard InChI is InChI=1S/C29H31N3O5S/c1-20(2)17-24(23-12-8-11-22(18-23)21-9-4-3-5-10-21)29(34)30-16-14-25-28(30)26(33)19-32(25)38(36,37)27-13-6-7-15-31(27)35/h3-13,15,18,20,24-25,28H,14,16-17,19H2,1-2H3. The van der Waals surface area contributed by atoms with E-state index in [0.717, 1.165) is 27.2 Å². The van der Waals surface area contributed by atoms with Crippen LogP contribution in [0.15, 0.2) is 84.0 Å². The van der Waals surface area contributed by atoms with Crippen molar-refractivity contribution >= 4 is 21.7 Å². The molecule has 0 radical (unpaired) electrons. The van der Waals surface area contributed by atoms with Crippen LogP contribution in [0.2, 0.25) is 0 Å². The molecule has 8 nitrogen and oxygen atoms in total. The molecule has 2 saturated heterocycles. The smallest absolute Gasteiger partial charge is 0.323 e. The Labute approximate surface area is 223 Å². The minimum absolute atomic E-state index is 0.164. The number of likely N-dealkylation sites (tertiary alicyclic amines) is 1. The van der Waals surface area contributed by atoms with Gasteiger partial charge in [0.25, 0.3) is 0 Å². The molecule has 0 spiro atoms. The van der Waals surface area contributed by atoms with Gasteiger partial charge in [-0.25, -0.2) is 8.42 Å². The van der Waals surface area contributed by atoms with E-state index in [-0.39, 0.29) is 30.7 Å². The molecule has 198 valence electrons. The van der Waals surface area contributed by atoms with Crippen molar-refractivity contribution in [1.82, 2.24) is 9.21 Å². The van der Waals surface area contributed by atoms with Gasteiger partial charge < -0.3 is 10.1 Å². The van der Waals surface area contributed by atoms with Gasteiger partial charge in [0.15, 0.2) is 12.0 Å². The molecule has 3 atom stereocenters. The first-order chi connectivity index (χ1) is 18.2. The molecule has 0 saturated carbocycles. The number of benzene rings is 2. The van der Waals surface area contributed by atoms with E-state index in [4.69, 9.17) is 0 Å². The monoisotopic (exact) mass is 533 g/mol. The molecule has 2 fully saturated rings. The highest BCUT2D eigenvalue weighted by Gasteiger charge is 2.55. The maximum absolute atomic E-state index is 14.0. The lowest BCUT2D eigenvalue weighted by molar-refractivity contribution is -0.646. The molecule has 0 bridgehead atoms. The number of hydrogen-bond donors (Lipinski definition) is 0. The van der Waals surface area contributed by atoms with E-state index < -0.39 is 33.1 Å². The minimum Gasteiger partial charge on any atom is -0.618 e. The number of ketones is 1. The molecular weight excluding hydrogens is 502 g/mol. The maximum Gasteiger partial charge on any atom is 0.323 e. The van der Waals surface area contributed by atoms with Crippen LogP contribution >= 0.6 is 0 Å². The summed E-state index contributed by atoms with van der Waals surface area (Å²) in [7, 11) is -4.21. The van der Waals surface area contributed by atoms with Crippen molar-refractivity contribution in [2.75, 3.05) is 13.1 Å². The normalized spacial score (nSPS) is 20.6. The average molecular weight is 534 g/mol. The molecule has 2 aliphatic rings. The number of carbonyl (C=O) groups is 2. The fraction of sp³-hybridized carbons (Fsp3) is 0.345. The molecule has 0 N–H and O–H groups in total. The second-order valence-corrected chi connectivity index (χ2v) is 12.2. The molecule has 3 unspecified atom stereocenters. The SMILES string of the molecule is CC(C)CC(C(=O)N1CCC2C1C(=O)CN2S(=O)(=O)c1cccc[n+]1[O-])c1cccc(-c2ccccc2)c1. The summed E-state index contributed by atoms with van der Waals surface area (Å²) in [6.07, 6.45) is 2.06. The van der Waals surface area contributed by atoms with Crippen LogP contribution < -0.4 is 4.73 Å². The summed E-state index contributed by atoms with van der Waals surface area (Å²) in [6, 6.07) is 20.5. The highest BCUT2D eigenvalue weighted by atomic mass is 32.2. The van der Waals surface area contributed by atoms with Gasteiger partial charge in [-0.1, -0.05) is 68.4 Å². The number of sulfonamides is 1. The first kappa shape index (κ1) is 26.1. The van der Waals surface area contributed by atoms with Crippen molar-refractivity contribution in [2.24, 2.45) is 5.92 Å². The second-order valence-electron chi connectivity index (χ2n) is 10.4. The number of carbonyl (C=O) groups excluding carboxylic acids is 2. The van der Waals surface area contributed by atoms with E-state index in [1.54, 1.807) is 4.90 Å². The summed E-state index contributed by atoms with van der Waals surface area (Å²) in [6.45, 7) is 4.04. The van der Waals surface area contributed by atoms with Gasteiger partial charge in [0, 0.05) is 18.7 Å². The Bertz CT molecular complexity index is 1460. The van der Waals surface area contributed by atoms with Crippen LogP contribution in [-0.4, -0.2) is 54.5 Å². The van der Waals surface area contributed by atoms with Crippen molar-refractivity contribution in [3.8, 4) is 11.1 Å². The molecule has 38 heavy (non-hydrogen) atoms. The van der Waals surface area contributed by atoms with Gasteiger partial charge in [0.05, 0.1) is 18.5 Å². The van der Waals surface area contributed by atoms with E-state index in [0.29, 0.717) is 17.6 Å². The third-order valence-corrected chi connectivity index (χ3v) is 9.29. The van der Waals surface area contributed by atoms with Crippen LogP contribution in [-0.2, 0) is 19.6 Å². The van der Waals surface area contributed by atoms with E-state index in [9.17, 15) is 23.2 Å². The van der Waals surface area contributed by atoms with Gasteiger partial charge >= 0.3 is 15.0 Å². The summed E-state index contributed by atoms with van der Waals surface area (Å²) < 4.78 is 28.1. The number of rotatable bonds is 7. The Morgan fingerprint density at radius 2 is 1.74 bits per heavy atom. The van der Waals surface area contributed by atoms with Gasteiger partial charge in [-0.3, -0.25) is 9.59 Å². The molecule has 1 amide bonds. The molecule has 0 aliphatic carbocycles. The van der Waals surface area contributed by atoms with Crippen molar-refractivity contribution < 1.29 is 22.7 Å². The largest absolute Gasteiger partial charge is 0.618 e. The lowest BCUT2D eigenvalue weighted by Crippen LogP contribution is -2.46. The zero-order valence-corrected chi connectivity index (χ0v) is 22.3. The summed E-state index contributed by atoms with van der Waals surface area (Å²) in [5.41, 5.74) is 2.93.